The molecular weight excluding hydrogens is 256 g/mol. The standard InChI is InChI=1S/C19H20N2/c1-15-5-2-3-6-16(15)9-11-20-13-17-7-4-8-18-14-21-12-10-19(17)18/h2-8,10,12,14,20H,9,11,13H2,1H3. The second-order valence-electron chi connectivity index (χ2n) is 5.37. The van der Waals surface area contributed by atoms with E-state index in [1.54, 1.807) is 0 Å². The molecule has 0 saturated heterocycles. The molecule has 0 saturated carbocycles. The summed E-state index contributed by atoms with van der Waals surface area (Å²) < 4.78 is 0. The minimum absolute atomic E-state index is 0.896. The molecule has 0 aliphatic carbocycles. The Morgan fingerprint density at radius 2 is 1.81 bits per heavy atom. The maximum Gasteiger partial charge on any atom is 0.0346 e. The molecule has 21 heavy (non-hydrogen) atoms. The van der Waals surface area contributed by atoms with E-state index in [4.69, 9.17) is 0 Å². The van der Waals surface area contributed by atoms with Crippen LogP contribution in [0, 0.1) is 6.92 Å². The van der Waals surface area contributed by atoms with Crippen molar-refractivity contribution in [2.45, 2.75) is 19.9 Å². The number of benzene rings is 2. The highest BCUT2D eigenvalue weighted by molar-refractivity contribution is 5.84. The molecule has 1 heterocycles. The number of hydrogen-bond donors (Lipinski definition) is 1. The number of pyridine rings is 1. The van der Waals surface area contributed by atoms with Gasteiger partial charge in [-0.3, -0.25) is 4.98 Å². The van der Waals surface area contributed by atoms with Crippen molar-refractivity contribution in [3.05, 3.63) is 77.6 Å². The monoisotopic (exact) mass is 276 g/mol. The van der Waals surface area contributed by atoms with Crippen LogP contribution in [0.2, 0.25) is 0 Å². The van der Waals surface area contributed by atoms with Gasteiger partial charge in [0.25, 0.3) is 0 Å². The van der Waals surface area contributed by atoms with E-state index in [-0.39, 0.29) is 0 Å². The molecule has 0 radical (unpaired) electrons. The molecule has 1 N–H and O–H groups in total. The highest BCUT2D eigenvalue weighted by Crippen LogP contribution is 2.17. The van der Waals surface area contributed by atoms with Gasteiger partial charge < -0.3 is 5.32 Å². The lowest BCUT2D eigenvalue weighted by Gasteiger charge is -2.09. The van der Waals surface area contributed by atoms with Gasteiger partial charge in [0.2, 0.25) is 0 Å². The smallest absolute Gasteiger partial charge is 0.0346 e. The number of nitrogens with zero attached hydrogens (tertiary/aromatic N) is 1. The van der Waals surface area contributed by atoms with Crippen molar-refractivity contribution >= 4 is 10.8 Å². The average molecular weight is 276 g/mol. The second-order valence-corrected chi connectivity index (χ2v) is 5.37. The summed E-state index contributed by atoms with van der Waals surface area (Å²) in [5.41, 5.74) is 4.13. The second kappa shape index (κ2) is 6.51. The van der Waals surface area contributed by atoms with E-state index >= 15 is 0 Å². The maximum atomic E-state index is 4.18. The van der Waals surface area contributed by atoms with Crippen molar-refractivity contribution in [3.63, 3.8) is 0 Å². The van der Waals surface area contributed by atoms with Gasteiger partial charge in [0.1, 0.15) is 0 Å². The van der Waals surface area contributed by atoms with Crippen molar-refractivity contribution in [2.24, 2.45) is 0 Å². The summed E-state index contributed by atoms with van der Waals surface area (Å²) in [7, 11) is 0. The molecule has 0 fully saturated rings. The summed E-state index contributed by atoms with van der Waals surface area (Å²) in [6, 6.07) is 17.1. The Hall–Kier alpha value is -2.19. The number of hydrogen-bond acceptors (Lipinski definition) is 2. The average Bonchev–Trinajstić information content (AvgIpc) is 2.53. The first-order valence-corrected chi connectivity index (χ1v) is 7.41. The van der Waals surface area contributed by atoms with Crippen LogP contribution < -0.4 is 5.32 Å². The lowest BCUT2D eigenvalue weighted by atomic mass is 10.1. The van der Waals surface area contributed by atoms with Crippen LogP contribution in [0.3, 0.4) is 0 Å². The van der Waals surface area contributed by atoms with E-state index in [2.05, 4.69) is 65.8 Å². The first-order valence-electron chi connectivity index (χ1n) is 7.41. The van der Waals surface area contributed by atoms with Crippen molar-refractivity contribution in [1.82, 2.24) is 10.3 Å². The molecule has 0 atom stereocenters. The van der Waals surface area contributed by atoms with E-state index in [9.17, 15) is 0 Å². The number of nitrogens with one attached hydrogen (secondary N) is 1. The van der Waals surface area contributed by atoms with Gasteiger partial charge in [-0.15, -0.1) is 0 Å². The Balaban J connectivity index is 1.61. The van der Waals surface area contributed by atoms with Gasteiger partial charge in [0.05, 0.1) is 0 Å². The minimum Gasteiger partial charge on any atom is -0.312 e. The largest absolute Gasteiger partial charge is 0.312 e. The topological polar surface area (TPSA) is 24.9 Å². The van der Waals surface area contributed by atoms with Crippen LogP contribution in [0.15, 0.2) is 60.9 Å². The molecule has 2 nitrogen and oxygen atoms in total. The van der Waals surface area contributed by atoms with Gasteiger partial charge in [0.15, 0.2) is 0 Å². The van der Waals surface area contributed by atoms with Crippen LogP contribution in [-0.2, 0) is 13.0 Å². The van der Waals surface area contributed by atoms with Gasteiger partial charge in [0, 0.05) is 24.3 Å². The van der Waals surface area contributed by atoms with Crippen LogP contribution in [0.5, 0.6) is 0 Å². The first-order chi connectivity index (χ1) is 10.3. The van der Waals surface area contributed by atoms with Crippen LogP contribution in [0.25, 0.3) is 10.8 Å². The molecule has 0 unspecified atom stereocenters. The molecule has 3 aromatic rings. The zero-order chi connectivity index (χ0) is 14.5. The van der Waals surface area contributed by atoms with Gasteiger partial charge in [-0.1, -0.05) is 42.5 Å². The zero-order valence-corrected chi connectivity index (χ0v) is 12.3. The number of aryl methyl sites for hydroxylation is 1. The first kappa shape index (κ1) is 13.8. The van der Waals surface area contributed by atoms with Crippen molar-refractivity contribution in [3.8, 4) is 0 Å². The number of aromatic nitrogens is 1. The molecule has 0 aliphatic heterocycles. The van der Waals surface area contributed by atoms with Crippen LogP contribution >= 0.6 is 0 Å². The number of fused-ring (bicyclic) bond motifs is 1. The van der Waals surface area contributed by atoms with Gasteiger partial charge in [-0.25, -0.2) is 0 Å². The van der Waals surface area contributed by atoms with E-state index in [1.165, 1.54) is 27.5 Å². The lowest BCUT2D eigenvalue weighted by molar-refractivity contribution is 0.688. The molecule has 0 bridgehead atoms. The van der Waals surface area contributed by atoms with Crippen molar-refractivity contribution in [2.75, 3.05) is 6.54 Å². The van der Waals surface area contributed by atoms with Gasteiger partial charge in [-0.05, 0) is 48.0 Å². The van der Waals surface area contributed by atoms with Crippen LogP contribution in [-0.4, -0.2) is 11.5 Å². The molecule has 0 aliphatic rings. The third-order valence-corrected chi connectivity index (χ3v) is 3.92. The Labute approximate surface area is 125 Å². The molecule has 0 spiro atoms. The van der Waals surface area contributed by atoms with Crippen LogP contribution in [0.1, 0.15) is 16.7 Å². The summed E-state index contributed by atoms with van der Waals surface area (Å²) in [6.07, 6.45) is 4.85. The molecule has 106 valence electrons. The Bertz CT molecular complexity index is 729. The number of rotatable bonds is 5. The Morgan fingerprint density at radius 3 is 2.71 bits per heavy atom. The van der Waals surface area contributed by atoms with Gasteiger partial charge in [-0.2, -0.15) is 0 Å². The normalized spacial score (nSPS) is 10.9. The van der Waals surface area contributed by atoms with E-state index in [1.807, 2.05) is 12.4 Å². The van der Waals surface area contributed by atoms with Crippen molar-refractivity contribution < 1.29 is 0 Å². The Kier molecular flexibility index (Phi) is 4.27. The lowest BCUT2D eigenvalue weighted by Crippen LogP contribution is -2.17. The third-order valence-electron chi connectivity index (χ3n) is 3.92. The van der Waals surface area contributed by atoms with E-state index in [0.29, 0.717) is 0 Å². The van der Waals surface area contributed by atoms with Crippen LogP contribution in [0.4, 0.5) is 0 Å². The molecule has 3 rings (SSSR count). The molecule has 0 amide bonds. The highest BCUT2D eigenvalue weighted by Gasteiger charge is 2.01. The fourth-order valence-electron chi connectivity index (χ4n) is 2.68. The Morgan fingerprint density at radius 1 is 0.952 bits per heavy atom. The predicted octanol–water partition coefficient (Wildman–Crippen LogP) is 3.88. The molecule has 1 aromatic heterocycles. The fourth-order valence-corrected chi connectivity index (χ4v) is 2.68. The predicted molar refractivity (Wildman–Crippen MR) is 88.3 cm³/mol. The summed E-state index contributed by atoms with van der Waals surface area (Å²) in [4.78, 5) is 4.18. The third kappa shape index (κ3) is 3.29. The quantitative estimate of drug-likeness (QED) is 0.715. The fraction of sp³-hybridized carbons (Fsp3) is 0.211. The summed E-state index contributed by atoms with van der Waals surface area (Å²) in [6.45, 7) is 4.06. The summed E-state index contributed by atoms with van der Waals surface area (Å²) >= 11 is 0. The van der Waals surface area contributed by atoms with Gasteiger partial charge >= 0.3 is 0 Å². The molecular formula is C19H20N2. The minimum atomic E-state index is 0.896. The van der Waals surface area contributed by atoms with E-state index in [0.717, 1.165) is 19.5 Å². The summed E-state index contributed by atoms with van der Waals surface area (Å²) in [5.74, 6) is 0. The highest BCUT2D eigenvalue weighted by atomic mass is 14.8. The molecule has 2 heteroatoms. The van der Waals surface area contributed by atoms with E-state index < -0.39 is 0 Å². The van der Waals surface area contributed by atoms with Crippen molar-refractivity contribution in [1.29, 1.82) is 0 Å². The summed E-state index contributed by atoms with van der Waals surface area (Å²) in [5, 5.41) is 6.04. The maximum absolute atomic E-state index is 4.18. The zero-order valence-electron chi connectivity index (χ0n) is 12.3. The molecule has 2 aromatic carbocycles. The SMILES string of the molecule is Cc1ccccc1CCNCc1cccc2cnccc12.